The van der Waals surface area contributed by atoms with Crippen molar-refractivity contribution in [2.45, 2.75) is 13.0 Å². The van der Waals surface area contributed by atoms with Gasteiger partial charge in [0, 0.05) is 16.8 Å². The van der Waals surface area contributed by atoms with Gasteiger partial charge in [0.15, 0.2) is 6.54 Å². The summed E-state index contributed by atoms with van der Waals surface area (Å²) in [5.74, 6) is 0.00228. The van der Waals surface area contributed by atoms with Gasteiger partial charge in [-0.3, -0.25) is 4.79 Å². The zero-order chi connectivity index (χ0) is 17.5. The van der Waals surface area contributed by atoms with Crippen LogP contribution in [0.1, 0.15) is 22.7 Å². The minimum atomic E-state index is 0.00228. The summed E-state index contributed by atoms with van der Waals surface area (Å²) in [6.07, 6.45) is 0. The molecular weight excluding hydrogens is 308 g/mol. The Bertz CT molecular complexity index is 776. The maximum absolute atomic E-state index is 12.3. The van der Waals surface area contributed by atoms with Gasteiger partial charge in [0.2, 0.25) is 0 Å². The van der Waals surface area contributed by atoms with Crippen molar-refractivity contribution in [2.24, 2.45) is 0 Å². The molecule has 0 heterocycles. The molecule has 3 N–H and O–H groups in total. The fraction of sp³-hybridized carbons (Fsp3) is 0.136. The topological polar surface area (TPSA) is 45.7 Å². The molecule has 0 bridgehead atoms. The largest absolute Gasteiger partial charge is 0.328 e. The Balaban J connectivity index is 1.70. The average Bonchev–Trinajstić information content (AvgIpc) is 2.64. The Morgan fingerprint density at radius 2 is 1.48 bits per heavy atom. The second-order valence-corrected chi connectivity index (χ2v) is 6.16. The molecule has 25 heavy (non-hydrogen) atoms. The van der Waals surface area contributed by atoms with E-state index in [-0.39, 0.29) is 11.9 Å². The van der Waals surface area contributed by atoms with Crippen LogP contribution in [0.2, 0.25) is 0 Å². The van der Waals surface area contributed by atoms with Crippen molar-refractivity contribution in [3.05, 3.63) is 102 Å². The molecule has 126 valence electrons. The van der Waals surface area contributed by atoms with Crippen LogP contribution < -0.4 is 10.6 Å². The number of benzene rings is 3. The third kappa shape index (κ3) is 4.78. The molecule has 3 aromatic rings. The number of amides is 1. The van der Waals surface area contributed by atoms with E-state index in [2.05, 4.69) is 34.9 Å². The highest BCUT2D eigenvalue weighted by Gasteiger charge is 2.18. The Morgan fingerprint density at radius 3 is 2.04 bits per heavy atom. The normalized spacial score (nSPS) is 10.6. The van der Waals surface area contributed by atoms with E-state index < -0.39 is 0 Å². The van der Waals surface area contributed by atoms with E-state index in [1.807, 2.05) is 67.6 Å². The Morgan fingerprint density at radius 1 is 0.880 bits per heavy atom. The molecule has 3 nitrogen and oxygen atoms in total. The van der Waals surface area contributed by atoms with Crippen molar-refractivity contribution < 1.29 is 10.1 Å². The fourth-order valence-electron chi connectivity index (χ4n) is 2.95. The van der Waals surface area contributed by atoms with Crippen molar-refractivity contribution >= 4 is 11.6 Å². The number of carbonyl (C=O) groups excluding carboxylic acids is 1. The molecule has 0 fully saturated rings. The van der Waals surface area contributed by atoms with E-state index in [1.54, 1.807) is 0 Å². The zero-order valence-corrected chi connectivity index (χ0v) is 14.4. The van der Waals surface area contributed by atoms with Crippen molar-refractivity contribution in [2.75, 3.05) is 11.9 Å². The maximum Gasteiger partial charge on any atom is 0.279 e. The van der Waals surface area contributed by atoms with Gasteiger partial charge in [-0.25, -0.2) is 0 Å². The SMILES string of the molecule is Cc1cccc(NC(=O)C[NH2+]C(c2ccccc2)c2ccccc2)c1. The Kier molecular flexibility index (Phi) is 5.60. The van der Waals surface area contributed by atoms with Gasteiger partial charge in [-0.2, -0.15) is 0 Å². The van der Waals surface area contributed by atoms with Crippen LogP contribution in [0.25, 0.3) is 0 Å². The summed E-state index contributed by atoms with van der Waals surface area (Å²) in [6, 6.07) is 28.5. The second-order valence-electron chi connectivity index (χ2n) is 6.16. The van der Waals surface area contributed by atoms with E-state index >= 15 is 0 Å². The maximum atomic E-state index is 12.3. The van der Waals surface area contributed by atoms with Crippen molar-refractivity contribution in [1.82, 2.24) is 0 Å². The number of nitrogens with two attached hydrogens (primary N) is 1. The van der Waals surface area contributed by atoms with Gasteiger partial charge in [-0.05, 0) is 24.6 Å². The van der Waals surface area contributed by atoms with E-state index in [1.165, 1.54) is 11.1 Å². The molecule has 3 aromatic carbocycles. The first-order valence-corrected chi connectivity index (χ1v) is 8.52. The van der Waals surface area contributed by atoms with E-state index in [0.717, 1.165) is 11.3 Å². The van der Waals surface area contributed by atoms with Gasteiger partial charge in [-0.1, -0.05) is 72.8 Å². The number of hydrogen-bond donors (Lipinski definition) is 2. The van der Waals surface area contributed by atoms with Crippen LogP contribution in [0, 0.1) is 6.92 Å². The van der Waals surface area contributed by atoms with Gasteiger partial charge < -0.3 is 10.6 Å². The predicted octanol–water partition coefficient (Wildman–Crippen LogP) is 3.29. The van der Waals surface area contributed by atoms with E-state index in [9.17, 15) is 4.79 Å². The monoisotopic (exact) mass is 331 g/mol. The molecule has 1 amide bonds. The first-order valence-electron chi connectivity index (χ1n) is 8.52. The second kappa shape index (κ2) is 8.27. The number of carbonyl (C=O) groups is 1. The van der Waals surface area contributed by atoms with Gasteiger partial charge in [0.1, 0.15) is 6.04 Å². The van der Waals surface area contributed by atoms with Crippen LogP contribution >= 0.6 is 0 Å². The lowest BCUT2D eigenvalue weighted by atomic mass is 9.99. The van der Waals surface area contributed by atoms with Gasteiger partial charge in [0.25, 0.3) is 5.91 Å². The van der Waals surface area contributed by atoms with Crippen LogP contribution in [0.3, 0.4) is 0 Å². The molecule has 0 saturated heterocycles. The van der Waals surface area contributed by atoms with Gasteiger partial charge in [0.05, 0.1) is 0 Å². The summed E-state index contributed by atoms with van der Waals surface area (Å²) in [5, 5.41) is 5.05. The van der Waals surface area contributed by atoms with Crippen LogP contribution in [-0.2, 0) is 4.79 Å². The molecule has 0 aliphatic rings. The number of rotatable bonds is 6. The quantitative estimate of drug-likeness (QED) is 0.715. The smallest absolute Gasteiger partial charge is 0.279 e. The third-order valence-corrected chi connectivity index (χ3v) is 4.16. The van der Waals surface area contributed by atoms with E-state index in [4.69, 9.17) is 0 Å². The summed E-state index contributed by atoms with van der Waals surface area (Å²) in [4.78, 5) is 12.3. The molecule has 0 saturated carbocycles. The molecule has 0 radical (unpaired) electrons. The molecule has 0 aromatic heterocycles. The Labute approximate surface area is 148 Å². The average molecular weight is 331 g/mol. The van der Waals surface area contributed by atoms with Crippen LogP contribution in [0.4, 0.5) is 5.69 Å². The molecule has 0 aliphatic carbocycles. The summed E-state index contributed by atoms with van der Waals surface area (Å²) in [5.41, 5.74) is 4.36. The highest BCUT2D eigenvalue weighted by atomic mass is 16.1. The Hall–Kier alpha value is -2.91. The number of aryl methyl sites for hydroxylation is 1. The minimum absolute atomic E-state index is 0.00228. The van der Waals surface area contributed by atoms with Crippen molar-refractivity contribution in [1.29, 1.82) is 0 Å². The van der Waals surface area contributed by atoms with E-state index in [0.29, 0.717) is 6.54 Å². The van der Waals surface area contributed by atoms with Crippen molar-refractivity contribution in [3.63, 3.8) is 0 Å². The zero-order valence-electron chi connectivity index (χ0n) is 14.4. The number of hydrogen-bond acceptors (Lipinski definition) is 1. The summed E-state index contributed by atoms with van der Waals surface area (Å²) in [6.45, 7) is 2.38. The number of quaternary nitrogens is 1. The van der Waals surface area contributed by atoms with Gasteiger partial charge in [-0.15, -0.1) is 0 Å². The summed E-state index contributed by atoms with van der Waals surface area (Å²) in [7, 11) is 0. The molecule has 0 aliphatic heterocycles. The summed E-state index contributed by atoms with van der Waals surface area (Å²) >= 11 is 0. The lowest BCUT2D eigenvalue weighted by Crippen LogP contribution is -2.87. The fourth-order valence-corrected chi connectivity index (χ4v) is 2.95. The highest BCUT2D eigenvalue weighted by Crippen LogP contribution is 2.17. The highest BCUT2D eigenvalue weighted by molar-refractivity contribution is 5.91. The molecule has 0 spiro atoms. The standard InChI is InChI=1S/C22H22N2O/c1-17-9-8-14-20(15-17)24-21(25)16-23-22(18-10-4-2-5-11-18)19-12-6-3-7-13-19/h2-15,22-23H,16H2,1H3,(H,24,25)/p+1. The minimum Gasteiger partial charge on any atom is -0.328 e. The molecule has 0 atom stereocenters. The van der Waals surface area contributed by atoms with Crippen LogP contribution in [0.15, 0.2) is 84.9 Å². The molecule has 0 unspecified atom stereocenters. The first-order chi connectivity index (χ1) is 12.2. The van der Waals surface area contributed by atoms with Crippen LogP contribution in [0.5, 0.6) is 0 Å². The number of anilines is 1. The lowest BCUT2D eigenvalue weighted by molar-refractivity contribution is -0.676. The van der Waals surface area contributed by atoms with Gasteiger partial charge >= 0.3 is 0 Å². The van der Waals surface area contributed by atoms with Crippen LogP contribution in [-0.4, -0.2) is 12.5 Å². The summed E-state index contributed by atoms with van der Waals surface area (Å²) < 4.78 is 0. The van der Waals surface area contributed by atoms with Crippen molar-refractivity contribution in [3.8, 4) is 0 Å². The first kappa shape index (κ1) is 16.9. The number of nitrogens with one attached hydrogen (secondary N) is 1. The molecule has 3 rings (SSSR count). The molecule has 3 heteroatoms. The lowest BCUT2D eigenvalue weighted by Gasteiger charge is -2.16. The third-order valence-electron chi connectivity index (χ3n) is 4.16. The molecular formula is C22H23N2O+. The predicted molar refractivity (Wildman–Crippen MR) is 101 cm³/mol.